The van der Waals surface area contributed by atoms with Gasteiger partial charge in [0.05, 0.1) is 19.5 Å². The smallest absolute Gasteiger partial charge is 0.150 e. The first-order valence-electron chi connectivity index (χ1n) is 6.63. The SMILES string of the molecule is COCCNCc1cc(OC)ccc1OCCS(C)(=O)=O. The van der Waals surface area contributed by atoms with E-state index in [0.717, 1.165) is 17.9 Å². The molecule has 21 heavy (non-hydrogen) atoms. The zero-order valence-electron chi connectivity index (χ0n) is 12.7. The lowest BCUT2D eigenvalue weighted by atomic mass is 10.2. The Morgan fingerprint density at radius 2 is 1.95 bits per heavy atom. The molecule has 1 aromatic carbocycles. The van der Waals surface area contributed by atoms with Gasteiger partial charge >= 0.3 is 0 Å². The standard InChI is InChI=1S/C14H23NO5S/c1-18-7-6-15-11-12-10-13(19-2)4-5-14(12)20-8-9-21(3,16)17/h4-5,10,15H,6-9,11H2,1-3H3. The van der Waals surface area contributed by atoms with E-state index in [-0.39, 0.29) is 12.4 Å². The Morgan fingerprint density at radius 3 is 2.57 bits per heavy atom. The number of ether oxygens (including phenoxy) is 3. The average molecular weight is 317 g/mol. The summed E-state index contributed by atoms with van der Waals surface area (Å²) < 4.78 is 38.0. The molecule has 1 aromatic rings. The van der Waals surface area contributed by atoms with Crippen LogP contribution in [0.3, 0.4) is 0 Å². The van der Waals surface area contributed by atoms with Crippen LogP contribution in [0, 0.1) is 0 Å². The minimum atomic E-state index is -3.03. The Morgan fingerprint density at radius 1 is 1.19 bits per heavy atom. The summed E-state index contributed by atoms with van der Waals surface area (Å²) in [7, 11) is 0.219. The van der Waals surface area contributed by atoms with Crippen LogP contribution < -0.4 is 14.8 Å². The van der Waals surface area contributed by atoms with E-state index in [2.05, 4.69) is 5.32 Å². The fourth-order valence-corrected chi connectivity index (χ4v) is 2.05. The molecule has 0 aromatic heterocycles. The molecule has 0 atom stereocenters. The Kier molecular flexibility index (Phi) is 7.49. The topological polar surface area (TPSA) is 73.9 Å². The van der Waals surface area contributed by atoms with Crippen molar-refractivity contribution in [3.05, 3.63) is 23.8 Å². The molecule has 1 N–H and O–H groups in total. The Hall–Kier alpha value is -1.31. The van der Waals surface area contributed by atoms with Gasteiger partial charge in [-0.05, 0) is 18.2 Å². The first-order valence-corrected chi connectivity index (χ1v) is 8.69. The van der Waals surface area contributed by atoms with E-state index in [4.69, 9.17) is 14.2 Å². The van der Waals surface area contributed by atoms with Crippen molar-refractivity contribution in [1.29, 1.82) is 0 Å². The molecular weight excluding hydrogens is 294 g/mol. The highest BCUT2D eigenvalue weighted by atomic mass is 32.2. The summed E-state index contributed by atoms with van der Waals surface area (Å²) >= 11 is 0. The second-order valence-electron chi connectivity index (χ2n) is 4.62. The van der Waals surface area contributed by atoms with Gasteiger partial charge in [-0.1, -0.05) is 0 Å². The Balaban J connectivity index is 2.67. The highest BCUT2D eigenvalue weighted by Gasteiger charge is 2.08. The van der Waals surface area contributed by atoms with Crippen molar-refractivity contribution in [1.82, 2.24) is 5.32 Å². The number of hydrogen-bond acceptors (Lipinski definition) is 6. The second kappa shape index (κ2) is 8.86. The molecular formula is C14H23NO5S. The van der Waals surface area contributed by atoms with Crippen LogP contribution >= 0.6 is 0 Å². The molecule has 0 heterocycles. The van der Waals surface area contributed by atoms with Gasteiger partial charge in [0.1, 0.15) is 18.1 Å². The number of rotatable bonds is 10. The molecule has 0 aliphatic heterocycles. The third-order valence-electron chi connectivity index (χ3n) is 2.78. The fraction of sp³-hybridized carbons (Fsp3) is 0.571. The molecule has 0 unspecified atom stereocenters. The number of sulfone groups is 1. The lowest BCUT2D eigenvalue weighted by Gasteiger charge is -2.13. The van der Waals surface area contributed by atoms with Gasteiger partial charge in [-0.25, -0.2) is 8.42 Å². The second-order valence-corrected chi connectivity index (χ2v) is 6.88. The molecule has 7 heteroatoms. The van der Waals surface area contributed by atoms with Crippen molar-refractivity contribution in [2.45, 2.75) is 6.54 Å². The monoisotopic (exact) mass is 317 g/mol. The van der Waals surface area contributed by atoms with Crippen LogP contribution in [-0.4, -0.2) is 54.4 Å². The molecule has 1 rings (SSSR count). The first kappa shape index (κ1) is 17.7. The van der Waals surface area contributed by atoms with E-state index in [1.807, 2.05) is 6.07 Å². The summed E-state index contributed by atoms with van der Waals surface area (Å²) in [6.07, 6.45) is 1.19. The molecule has 0 saturated carbocycles. The molecule has 0 amide bonds. The largest absolute Gasteiger partial charge is 0.497 e. The zero-order valence-corrected chi connectivity index (χ0v) is 13.5. The minimum absolute atomic E-state index is 0.00439. The van der Waals surface area contributed by atoms with Gasteiger partial charge in [-0.3, -0.25) is 0 Å². The number of benzene rings is 1. The maximum absolute atomic E-state index is 11.1. The van der Waals surface area contributed by atoms with Gasteiger partial charge in [0.2, 0.25) is 0 Å². The van der Waals surface area contributed by atoms with Gasteiger partial charge in [-0.2, -0.15) is 0 Å². The number of hydrogen-bond donors (Lipinski definition) is 1. The van der Waals surface area contributed by atoms with Crippen LogP contribution in [0.25, 0.3) is 0 Å². The van der Waals surface area contributed by atoms with E-state index >= 15 is 0 Å². The summed E-state index contributed by atoms with van der Waals surface area (Å²) in [4.78, 5) is 0. The number of nitrogens with one attached hydrogen (secondary N) is 1. The van der Waals surface area contributed by atoms with Gasteiger partial charge in [0.15, 0.2) is 9.84 Å². The quantitative estimate of drug-likeness (QED) is 0.645. The van der Waals surface area contributed by atoms with Gasteiger partial charge < -0.3 is 19.5 Å². The van der Waals surface area contributed by atoms with Crippen LogP contribution in [0.1, 0.15) is 5.56 Å². The zero-order chi connectivity index (χ0) is 15.7. The van der Waals surface area contributed by atoms with E-state index in [1.165, 1.54) is 6.26 Å². The van der Waals surface area contributed by atoms with Crippen molar-refractivity contribution < 1.29 is 22.6 Å². The summed E-state index contributed by atoms with van der Waals surface area (Å²) in [5, 5.41) is 3.22. The Labute approximate surface area is 126 Å². The predicted octanol–water partition coefficient (Wildman–Crippen LogP) is 0.855. The fourth-order valence-electron chi connectivity index (χ4n) is 1.66. The summed E-state index contributed by atoms with van der Waals surface area (Å²) in [5.41, 5.74) is 0.916. The van der Waals surface area contributed by atoms with E-state index in [9.17, 15) is 8.42 Å². The van der Waals surface area contributed by atoms with Crippen molar-refractivity contribution in [2.75, 3.05) is 46.0 Å². The van der Waals surface area contributed by atoms with Crippen LogP contribution in [0.4, 0.5) is 0 Å². The van der Waals surface area contributed by atoms with Crippen molar-refractivity contribution >= 4 is 9.84 Å². The van der Waals surface area contributed by atoms with Crippen molar-refractivity contribution in [2.24, 2.45) is 0 Å². The molecule has 0 aliphatic carbocycles. The minimum Gasteiger partial charge on any atom is -0.497 e. The van der Waals surface area contributed by atoms with Crippen molar-refractivity contribution in [3.63, 3.8) is 0 Å². The molecule has 0 radical (unpaired) electrons. The third kappa shape index (κ3) is 7.31. The molecule has 6 nitrogen and oxygen atoms in total. The molecule has 0 saturated heterocycles. The average Bonchev–Trinajstić information content (AvgIpc) is 2.43. The highest BCUT2D eigenvalue weighted by Crippen LogP contribution is 2.24. The van der Waals surface area contributed by atoms with E-state index in [1.54, 1.807) is 26.4 Å². The maximum Gasteiger partial charge on any atom is 0.150 e. The highest BCUT2D eigenvalue weighted by molar-refractivity contribution is 7.90. The van der Waals surface area contributed by atoms with Crippen LogP contribution in [0.15, 0.2) is 18.2 Å². The summed E-state index contributed by atoms with van der Waals surface area (Å²) in [6, 6.07) is 5.44. The number of methoxy groups -OCH3 is 2. The lowest BCUT2D eigenvalue weighted by Crippen LogP contribution is -2.19. The molecule has 120 valence electrons. The van der Waals surface area contributed by atoms with Crippen LogP contribution in [-0.2, 0) is 21.1 Å². The van der Waals surface area contributed by atoms with E-state index in [0.29, 0.717) is 18.9 Å². The van der Waals surface area contributed by atoms with Crippen molar-refractivity contribution in [3.8, 4) is 11.5 Å². The molecule has 0 bridgehead atoms. The molecule has 0 aliphatic rings. The third-order valence-corrected chi connectivity index (χ3v) is 3.69. The first-order chi connectivity index (χ1) is 9.96. The van der Waals surface area contributed by atoms with Crippen LogP contribution in [0.2, 0.25) is 0 Å². The van der Waals surface area contributed by atoms with E-state index < -0.39 is 9.84 Å². The Bertz CT molecular complexity index is 530. The lowest BCUT2D eigenvalue weighted by molar-refractivity contribution is 0.199. The van der Waals surface area contributed by atoms with Crippen LogP contribution in [0.5, 0.6) is 11.5 Å². The van der Waals surface area contributed by atoms with Gasteiger partial charge in [0.25, 0.3) is 0 Å². The summed E-state index contributed by atoms with van der Waals surface area (Å²) in [6.45, 7) is 2.07. The molecule has 0 spiro atoms. The van der Waals surface area contributed by atoms with Gasteiger partial charge in [-0.15, -0.1) is 0 Å². The summed E-state index contributed by atoms with van der Waals surface area (Å²) in [5.74, 6) is 1.38. The van der Waals surface area contributed by atoms with Gasteiger partial charge in [0, 0.05) is 32.0 Å². The predicted molar refractivity (Wildman–Crippen MR) is 81.8 cm³/mol. The maximum atomic E-state index is 11.1. The normalized spacial score (nSPS) is 11.4. The molecule has 0 fully saturated rings.